The number of hydrogen-bond acceptors (Lipinski definition) is 7. The normalized spacial score (nSPS) is 19.4. The molecule has 1 aliphatic carbocycles. The minimum atomic E-state index is -1.07. The second kappa shape index (κ2) is 9.40. The fourth-order valence-corrected chi connectivity index (χ4v) is 4.31. The number of ether oxygens (including phenoxy) is 1. The number of para-hydroxylation sites is 2. The fourth-order valence-electron chi connectivity index (χ4n) is 4.31. The number of fused-ring (bicyclic) bond motifs is 1. The molecule has 1 saturated heterocycles. The van der Waals surface area contributed by atoms with E-state index in [1.165, 1.54) is 19.3 Å². The van der Waals surface area contributed by atoms with Crippen LogP contribution >= 0.6 is 0 Å². The van der Waals surface area contributed by atoms with Crippen molar-refractivity contribution in [2.75, 3.05) is 44.7 Å². The van der Waals surface area contributed by atoms with Gasteiger partial charge in [0.2, 0.25) is 0 Å². The molecule has 1 aliphatic heterocycles. The first-order valence-corrected chi connectivity index (χ1v) is 10.9. The van der Waals surface area contributed by atoms with Gasteiger partial charge < -0.3 is 14.5 Å². The highest BCUT2D eigenvalue weighted by Crippen LogP contribution is 2.29. The highest BCUT2D eigenvalue weighted by atomic mass is 16.5. The summed E-state index contributed by atoms with van der Waals surface area (Å²) >= 11 is 0. The summed E-state index contributed by atoms with van der Waals surface area (Å²) in [7, 11) is 2.09. The van der Waals surface area contributed by atoms with Gasteiger partial charge in [0, 0.05) is 26.2 Å². The average molecular weight is 408 g/mol. The molecule has 7 nitrogen and oxygen atoms in total. The molecular formula is C23H29N5O2. The lowest BCUT2D eigenvalue weighted by Crippen LogP contribution is -2.45. The van der Waals surface area contributed by atoms with Crippen LogP contribution in [0.2, 0.25) is 0 Å². The van der Waals surface area contributed by atoms with Crippen LogP contribution < -0.4 is 4.90 Å². The second-order valence-corrected chi connectivity index (χ2v) is 8.41. The maximum absolute atomic E-state index is 12.9. The lowest BCUT2D eigenvalue weighted by atomic mass is 9.90. The molecule has 2 aliphatic rings. The molecule has 2 heterocycles. The van der Waals surface area contributed by atoms with Gasteiger partial charge in [0.1, 0.15) is 5.69 Å². The number of anilines is 1. The zero-order valence-corrected chi connectivity index (χ0v) is 17.6. The zero-order valence-electron chi connectivity index (χ0n) is 17.6. The van der Waals surface area contributed by atoms with Gasteiger partial charge in [-0.1, -0.05) is 31.4 Å². The predicted octanol–water partition coefficient (Wildman–Crippen LogP) is 3.11. The third-order valence-corrected chi connectivity index (χ3v) is 6.21. The highest BCUT2D eigenvalue weighted by Gasteiger charge is 2.31. The number of hydrogen-bond donors (Lipinski definition) is 0. The van der Waals surface area contributed by atoms with Gasteiger partial charge in [-0.3, -0.25) is 4.79 Å². The Balaban J connectivity index is 1.61. The molecule has 1 unspecified atom stereocenters. The van der Waals surface area contributed by atoms with Crippen molar-refractivity contribution in [1.29, 1.82) is 5.26 Å². The number of esters is 1. The van der Waals surface area contributed by atoms with Crippen LogP contribution in [0.1, 0.15) is 43.7 Å². The van der Waals surface area contributed by atoms with Gasteiger partial charge in [-0.25, -0.2) is 9.97 Å². The lowest BCUT2D eigenvalue weighted by Gasteiger charge is -2.34. The van der Waals surface area contributed by atoms with E-state index in [9.17, 15) is 10.1 Å². The van der Waals surface area contributed by atoms with E-state index in [0.717, 1.165) is 44.5 Å². The van der Waals surface area contributed by atoms with Crippen LogP contribution in [0, 0.1) is 17.2 Å². The largest absolute Gasteiger partial charge is 0.464 e. The topological polar surface area (TPSA) is 82.4 Å². The molecule has 2 aromatic rings. The predicted molar refractivity (Wildman–Crippen MR) is 115 cm³/mol. The standard InChI is InChI=1S/C23H29N5O2/c1-27-11-13-28(14-12-27)22-21(25-19-9-5-6-10-20(19)26-22)18(15-24)23(29)30-16-17-7-3-2-4-8-17/h5-6,9-10,17-18H,2-4,7-8,11-14,16H2,1H3. The van der Waals surface area contributed by atoms with E-state index in [1.54, 1.807) is 0 Å². The van der Waals surface area contributed by atoms with Crippen molar-refractivity contribution in [3.05, 3.63) is 30.0 Å². The summed E-state index contributed by atoms with van der Waals surface area (Å²) in [6.07, 6.45) is 5.81. The molecule has 2 fully saturated rings. The van der Waals surface area contributed by atoms with Crippen molar-refractivity contribution in [3.63, 3.8) is 0 Å². The molecule has 1 atom stereocenters. The Morgan fingerprint density at radius 2 is 1.80 bits per heavy atom. The highest BCUT2D eigenvalue weighted by molar-refractivity contribution is 5.85. The van der Waals surface area contributed by atoms with Crippen LogP contribution in [-0.2, 0) is 9.53 Å². The minimum absolute atomic E-state index is 0.391. The summed E-state index contributed by atoms with van der Waals surface area (Å²) in [6.45, 7) is 3.76. The number of likely N-dealkylation sites (N-methyl/N-ethyl adjacent to an activating group) is 1. The average Bonchev–Trinajstić information content (AvgIpc) is 2.79. The smallest absolute Gasteiger partial charge is 0.329 e. The summed E-state index contributed by atoms with van der Waals surface area (Å²) in [6, 6.07) is 9.73. The molecule has 158 valence electrons. The van der Waals surface area contributed by atoms with Gasteiger partial charge in [0.25, 0.3) is 0 Å². The molecule has 1 aromatic carbocycles. The number of aromatic nitrogens is 2. The monoisotopic (exact) mass is 407 g/mol. The lowest BCUT2D eigenvalue weighted by molar-refractivity contribution is -0.145. The molecule has 0 amide bonds. The summed E-state index contributed by atoms with van der Waals surface area (Å²) in [5.74, 6) is -0.548. The van der Waals surface area contributed by atoms with Crippen LogP contribution in [0.5, 0.6) is 0 Å². The Kier molecular flexibility index (Phi) is 6.44. The Morgan fingerprint density at radius 3 is 2.47 bits per heavy atom. The first-order chi connectivity index (χ1) is 14.7. The Bertz CT molecular complexity index is 927. The molecule has 1 aromatic heterocycles. The maximum atomic E-state index is 12.9. The first kappa shape index (κ1) is 20.5. The third-order valence-electron chi connectivity index (χ3n) is 6.21. The first-order valence-electron chi connectivity index (χ1n) is 10.9. The summed E-state index contributed by atoms with van der Waals surface area (Å²) in [5.41, 5.74) is 1.86. The van der Waals surface area contributed by atoms with E-state index in [-0.39, 0.29) is 0 Å². The summed E-state index contributed by atoms with van der Waals surface area (Å²) < 4.78 is 5.60. The van der Waals surface area contributed by atoms with Gasteiger partial charge in [0.15, 0.2) is 11.7 Å². The van der Waals surface area contributed by atoms with Crippen LogP contribution in [-0.4, -0.2) is 60.7 Å². The molecule has 0 radical (unpaired) electrons. The van der Waals surface area contributed by atoms with Gasteiger partial charge in [0.05, 0.1) is 23.7 Å². The van der Waals surface area contributed by atoms with Gasteiger partial charge in [-0.2, -0.15) is 5.26 Å². The Hall–Kier alpha value is -2.72. The third kappa shape index (κ3) is 4.54. The summed E-state index contributed by atoms with van der Waals surface area (Å²) in [4.78, 5) is 26.8. The molecule has 7 heteroatoms. The van der Waals surface area contributed by atoms with E-state index in [0.29, 0.717) is 29.6 Å². The SMILES string of the molecule is CN1CCN(c2nc3ccccc3nc2C(C#N)C(=O)OCC2CCCCC2)CC1. The molecule has 0 spiro atoms. The quantitative estimate of drug-likeness (QED) is 0.704. The zero-order chi connectivity index (χ0) is 20.9. The minimum Gasteiger partial charge on any atom is -0.464 e. The van der Waals surface area contributed by atoms with Crippen LogP contribution in [0.15, 0.2) is 24.3 Å². The van der Waals surface area contributed by atoms with Crippen molar-refractivity contribution in [2.24, 2.45) is 5.92 Å². The molecule has 0 bridgehead atoms. The maximum Gasteiger partial charge on any atom is 0.329 e. The molecule has 0 N–H and O–H groups in total. The number of piperazine rings is 1. The van der Waals surface area contributed by atoms with E-state index >= 15 is 0 Å². The van der Waals surface area contributed by atoms with E-state index in [1.807, 2.05) is 24.3 Å². The van der Waals surface area contributed by atoms with Gasteiger partial charge >= 0.3 is 5.97 Å². The van der Waals surface area contributed by atoms with Crippen molar-refractivity contribution < 1.29 is 9.53 Å². The Morgan fingerprint density at radius 1 is 1.13 bits per heavy atom. The van der Waals surface area contributed by atoms with E-state index < -0.39 is 11.9 Å². The van der Waals surface area contributed by atoms with Gasteiger partial charge in [-0.15, -0.1) is 0 Å². The number of nitrogens with zero attached hydrogens (tertiary/aromatic N) is 5. The van der Waals surface area contributed by atoms with Crippen molar-refractivity contribution in [1.82, 2.24) is 14.9 Å². The molecular weight excluding hydrogens is 378 g/mol. The van der Waals surface area contributed by atoms with E-state index in [2.05, 4.69) is 22.9 Å². The molecule has 1 saturated carbocycles. The second-order valence-electron chi connectivity index (χ2n) is 8.41. The summed E-state index contributed by atoms with van der Waals surface area (Å²) in [5, 5.41) is 9.88. The fraction of sp³-hybridized carbons (Fsp3) is 0.565. The Labute approximate surface area is 177 Å². The van der Waals surface area contributed by atoms with Crippen molar-refractivity contribution >= 4 is 22.8 Å². The van der Waals surface area contributed by atoms with Crippen LogP contribution in [0.25, 0.3) is 11.0 Å². The number of carbonyl (C=O) groups is 1. The van der Waals surface area contributed by atoms with Gasteiger partial charge in [-0.05, 0) is 37.9 Å². The van der Waals surface area contributed by atoms with E-state index in [4.69, 9.17) is 14.7 Å². The molecule has 30 heavy (non-hydrogen) atoms. The van der Waals surface area contributed by atoms with Crippen LogP contribution in [0.4, 0.5) is 5.82 Å². The number of rotatable bonds is 5. The number of benzene rings is 1. The molecule has 4 rings (SSSR count). The number of nitriles is 1. The van der Waals surface area contributed by atoms with Crippen molar-refractivity contribution in [3.8, 4) is 6.07 Å². The van der Waals surface area contributed by atoms with Crippen LogP contribution in [0.3, 0.4) is 0 Å². The number of carbonyl (C=O) groups excluding carboxylic acids is 1. The van der Waals surface area contributed by atoms with Crippen molar-refractivity contribution in [2.45, 2.75) is 38.0 Å².